The number of nitrogens with zero attached hydrogens (tertiary/aromatic N) is 1. The summed E-state index contributed by atoms with van der Waals surface area (Å²) in [5.74, 6) is -0.380. The van der Waals surface area contributed by atoms with Gasteiger partial charge in [0.15, 0.2) is 0 Å². The molecule has 1 heterocycles. The van der Waals surface area contributed by atoms with E-state index < -0.39 is 5.97 Å². The molecule has 3 aromatic rings. The molecular formula is C27H28FNO3. The van der Waals surface area contributed by atoms with Gasteiger partial charge in [-0.1, -0.05) is 30.3 Å². The van der Waals surface area contributed by atoms with Gasteiger partial charge >= 0.3 is 5.97 Å². The number of aryl methyl sites for hydroxylation is 1. The Morgan fingerprint density at radius 2 is 1.91 bits per heavy atom. The van der Waals surface area contributed by atoms with E-state index in [9.17, 15) is 9.18 Å². The lowest BCUT2D eigenvalue weighted by molar-refractivity contribution is -0.137. The van der Waals surface area contributed by atoms with E-state index in [2.05, 4.69) is 35.2 Å². The zero-order chi connectivity index (χ0) is 22.7. The lowest BCUT2D eigenvalue weighted by Crippen LogP contribution is -2.31. The molecule has 0 unspecified atom stereocenters. The van der Waals surface area contributed by atoms with Crippen LogP contribution in [0, 0.1) is 12.7 Å². The van der Waals surface area contributed by atoms with Crippen LogP contribution in [0.25, 0.3) is 11.1 Å². The number of rotatable bonds is 7. The topological polar surface area (TPSA) is 49.8 Å². The van der Waals surface area contributed by atoms with E-state index >= 15 is 0 Å². The molecule has 0 aliphatic carbocycles. The van der Waals surface area contributed by atoms with Crippen molar-refractivity contribution in [3.8, 4) is 16.9 Å². The number of methoxy groups -OCH3 is 1. The van der Waals surface area contributed by atoms with E-state index in [4.69, 9.17) is 9.84 Å². The second-order valence-corrected chi connectivity index (χ2v) is 8.42. The van der Waals surface area contributed by atoms with Crippen molar-refractivity contribution in [2.75, 3.05) is 18.6 Å². The van der Waals surface area contributed by atoms with Gasteiger partial charge < -0.3 is 14.7 Å². The summed E-state index contributed by atoms with van der Waals surface area (Å²) >= 11 is 0. The molecule has 0 radical (unpaired) electrons. The monoisotopic (exact) mass is 433 g/mol. The molecule has 1 fully saturated rings. The van der Waals surface area contributed by atoms with Crippen LogP contribution in [-0.4, -0.2) is 30.8 Å². The van der Waals surface area contributed by atoms with Crippen LogP contribution in [0.1, 0.15) is 36.0 Å². The average molecular weight is 434 g/mol. The summed E-state index contributed by atoms with van der Waals surface area (Å²) in [5, 5.41) is 9.15. The van der Waals surface area contributed by atoms with Crippen LogP contribution < -0.4 is 9.64 Å². The van der Waals surface area contributed by atoms with Gasteiger partial charge in [0.25, 0.3) is 0 Å². The fraction of sp³-hybridized carbons (Fsp3) is 0.296. The fourth-order valence-electron chi connectivity index (χ4n) is 4.53. The molecule has 1 saturated heterocycles. The number of ether oxygens (including phenoxy) is 1. The Morgan fingerprint density at radius 1 is 1.12 bits per heavy atom. The predicted molar refractivity (Wildman–Crippen MR) is 125 cm³/mol. The molecule has 0 aromatic heterocycles. The van der Waals surface area contributed by atoms with Crippen LogP contribution in [0.3, 0.4) is 0 Å². The van der Waals surface area contributed by atoms with Gasteiger partial charge in [-0.3, -0.25) is 4.79 Å². The zero-order valence-electron chi connectivity index (χ0n) is 18.5. The van der Waals surface area contributed by atoms with E-state index in [1.807, 2.05) is 19.1 Å². The van der Waals surface area contributed by atoms with E-state index in [1.54, 1.807) is 19.2 Å². The van der Waals surface area contributed by atoms with Gasteiger partial charge in [0.1, 0.15) is 11.6 Å². The van der Waals surface area contributed by atoms with Gasteiger partial charge in [-0.2, -0.15) is 0 Å². The number of hydrogen-bond donors (Lipinski definition) is 1. The van der Waals surface area contributed by atoms with Crippen LogP contribution in [0.15, 0.2) is 60.7 Å². The van der Waals surface area contributed by atoms with Gasteiger partial charge in [0.05, 0.1) is 13.5 Å². The number of anilines is 1. The molecule has 0 saturated carbocycles. The highest BCUT2D eigenvalue weighted by Gasteiger charge is 2.26. The molecule has 5 heteroatoms. The van der Waals surface area contributed by atoms with Crippen LogP contribution >= 0.6 is 0 Å². The van der Waals surface area contributed by atoms with Crippen molar-refractivity contribution in [3.05, 3.63) is 83.2 Å². The first kappa shape index (κ1) is 21.9. The second-order valence-electron chi connectivity index (χ2n) is 8.42. The van der Waals surface area contributed by atoms with E-state index in [0.717, 1.165) is 42.6 Å². The van der Waals surface area contributed by atoms with Gasteiger partial charge in [-0.15, -0.1) is 0 Å². The minimum absolute atomic E-state index is 0.0742. The Labute approximate surface area is 188 Å². The predicted octanol–water partition coefficient (Wildman–Crippen LogP) is 5.84. The Balaban J connectivity index is 1.49. The highest BCUT2D eigenvalue weighted by Crippen LogP contribution is 2.30. The molecule has 166 valence electrons. The molecule has 32 heavy (non-hydrogen) atoms. The SMILES string of the molecule is COc1ccc(F)c(-c2ccc(Cc3ccc(N4CCC[C@H]4CC(=O)O)cc3)c(C)c2)c1. The maximum absolute atomic E-state index is 14.3. The highest BCUT2D eigenvalue weighted by atomic mass is 19.1. The maximum Gasteiger partial charge on any atom is 0.305 e. The normalized spacial score (nSPS) is 15.7. The minimum atomic E-state index is -0.744. The molecule has 1 atom stereocenters. The molecule has 1 aliphatic heterocycles. The minimum Gasteiger partial charge on any atom is -0.497 e. The molecule has 1 N–H and O–H groups in total. The van der Waals surface area contributed by atoms with Crippen LogP contribution in [-0.2, 0) is 11.2 Å². The van der Waals surface area contributed by atoms with Gasteiger partial charge in [-0.05, 0) is 78.8 Å². The molecule has 0 spiro atoms. The van der Waals surface area contributed by atoms with Crippen molar-refractivity contribution in [2.45, 2.75) is 38.6 Å². The molecule has 4 rings (SSSR count). The average Bonchev–Trinajstić information content (AvgIpc) is 3.23. The Bertz CT molecular complexity index is 1110. The largest absolute Gasteiger partial charge is 0.497 e. The number of carboxylic acids is 1. The number of halogens is 1. The summed E-state index contributed by atoms with van der Waals surface area (Å²) in [6, 6.07) is 19.3. The van der Waals surface area contributed by atoms with E-state index in [0.29, 0.717) is 11.3 Å². The molecule has 0 amide bonds. The highest BCUT2D eigenvalue weighted by molar-refractivity contribution is 5.69. The Kier molecular flexibility index (Phi) is 6.45. The molecule has 0 bridgehead atoms. The first-order valence-electron chi connectivity index (χ1n) is 11.0. The van der Waals surface area contributed by atoms with E-state index in [1.165, 1.54) is 17.2 Å². The lowest BCUT2D eigenvalue weighted by atomic mass is 9.95. The first-order valence-corrected chi connectivity index (χ1v) is 11.0. The third kappa shape index (κ3) is 4.77. The zero-order valence-corrected chi connectivity index (χ0v) is 18.5. The smallest absolute Gasteiger partial charge is 0.305 e. The van der Waals surface area contributed by atoms with Crippen molar-refractivity contribution >= 4 is 11.7 Å². The molecule has 3 aromatic carbocycles. The number of aliphatic carboxylic acids is 1. The summed E-state index contributed by atoms with van der Waals surface area (Å²) in [4.78, 5) is 13.3. The van der Waals surface area contributed by atoms with Crippen molar-refractivity contribution in [2.24, 2.45) is 0 Å². The number of benzene rings is 3. The summed E-state index contributed by atoms with van der Waals surface area (Å²) in [5.41, 5.74) is 5.93. The standard InChI is InChI=1S/C27H28FNO3/c1-18-14-21(25-17-24(32-2)11-12-26(25)28)8-7-20(18)15-19-5-9-22(10-6-19)29-13-3-4-23(29)16-27(30)31/h5-12,14,17,23H,3-4,13,15-16H2,1-2H3,(H,30,31)/t23-/m0/s1. The quantitative estimate of drug-likeness (QED) is 0.508. The Hall–Kier alpha value is -3.34. The number of carboxylic acid groups (broad SMARTS) is 1. The fourth-order valence-corrected chi connectivity index (χ4v) is 4.53. The third-order valence-electron chi connectivity index (χ3n) is 6.28. The van der Waals surface area contributed by atoms with Crippen molar-refractivity contribution in [3.63, 3.8) is 0 Å². The Morgan fingerprint density at radius 3 is 2.59 bits per heavy atom. The van der Waals surface area contributed by atoms with Gasteiger partial charge in [0.2, 0.25) is 0 Å². The number of carbonyl (C=O) groups is 1. The van der Waals surface area contributed by atoms with Gasteiger partial charge in [0, 0.05) is 23.8 Å². The van der Waals surface area contributed by atoms with Crippen LogP contribution in [0.2, 0.25) is 0 Å². The second kappa shape index (κ2) is 9.43. The number of hydrogen-bond acceptors (Lipinski definition) is 3. The lowest BCUT2D eigenvalue weighted by Gasteiger charge is -2.26. The summed E-state index contributed by atoms with van der Waals surface area (Å²) in [6.07, 6.45) is 2.92. The van der Waals surface area contributed by atoms with Gasteiger partial charge in [-0.25, -0.2) is 4.39 Å². The summed E-state index contributed by atoms with van der Waals surface area (Å²) in [6.45, 7) is 2.95. The van der Waals surface area contributed by atoms with Crippen LogP contribution in [0.5, 0.6) is 5.75 Å². The summed E-state index contributed by atoms with van der Waals surface area (Å²) in [7, 11) is 1.58. The van der Waals surface area contributed by atoms with Crippen molar-refractivity contribution < 1.29 is 19.0 Å². The van der Waals surface area contributed by atoms with Crippen molar-refractivity contribution in [1.82, 2.24) is 0 Å². The third-order valence-corrected chi connectivity index (χ3v) is 6.28. The molecule has 1 aliphatic rings. The van der Waals surface area contributed by atoms with Crippen molar-refractivity contribution in [1.29, 1.82) is 0 Å². The van der Waals surface area contributed by atoms with Crippen LogP contribution in [0.4, 0.5) is 10.1 Å². The summed E-state index contributed by atoms with van der Waals surface area (Å²) < 4.78 is 19.6. The van der Waals surface area contributed by atoms with E-state index in [-0.39, 0.29) is 18.3 Å². The first-order chi connectivity index (χ1) is 15.4. The maximum atomic E-state index is 14.3. The molecule has 4 nitrogen and oxygen atoms in total. The molecular weight excluding hydrogens is 405 g/mol.